The van der Waals surface area contributed by atoms with Gasteiger partial charge < -0.3 is 10.1 Å². The van der Waals surface area contributed by atoms with Gasteiger partial charge in [-0.1, -0.05) is 50.9 Å². The van der Waals surface area contributed by atoms with E-state index < -0.39 is 0 Å². The molecule has 0 aliphatic carbocycles. The van der Waals surface area contributed by atoms with Gasteiger partial charge in [0.2, 0.25) is 0 Å². The molecular formula is C16H26ClNO. The lowest BCUT2D eigenvalue weighted by molar-refractivity contribution is 0.0302. The topological polar surface area (TPSA) is 21.3 Å². The third-order valence-electron chi connectivity index (χ3n) is 3.18. The van der Waals surface area contributed by atoms with Crippen LogP contribution in [-0.2, 0) is 4.74 Å². The number of hydrogen-bond donors (Lipinski definition) is 1. The Morgan fingerprint density at radius 1 is 1.21 bits per heavy atom. The van der Waals surface area contributed by atoms with E-state index in [1.165, 1.54) is 18.4 Å². The molecule has 0 saturated heterocycles. The van der Waals surface area contributed by atoms with Crippen LogP contribution in [0.2, 0.25) is 5.02 Å². The van der Waals surface area contributed by atoms with Crippen LogP contribution in [0.15, 0.2) is 24.3 Å². The van der Waals surface area contributed by atoms with Crippen molar-refractivity contribution in [3.63, 3.8) is 0 Å². The number of likely N-dealkylation sites (N-methyl/N-ethyl adjacent to an activating group) is 1. The first-order valence-electron chi connectivity index (χ1n) is 7.25. The summed E-state index contributed by atoms with van der Waals surface area (Å²) < 4.78 is 6.08. The van der Waals surface area contributed by atoms with Crippen molar-refractivity contribution in [2.45, 2.75) is 39.7 Å². The molecule has 0 aliphatic heterocycles. The molecule has 0 aliphatic rings. The summed E-state index contributed by atoms with van der Waals surface area (Å²) >= 11 is 5.93. The normalized spacial score (nSPS) is 14.3. The van der Waals surface area contributed by atoms with Gasteiger partial charge in [-0.05, 0) is 36.6 Å². The van der Waals surface area contributed by atoms with Gasteiger partial charge in [-0.3, -0.25) is 0 Å². The van der Waals surface area contributed by atoms with Gasteiger partial charge >= 0.3 is 0 Å². The van der Waals surface area contributed by atoms with Crippen LogP contribution >= 0.6 is 11.6 Å². The zero-order valence-electron chi connectivity index (χ0n) is 12.3. The summed E-state index contributed by atoms with van der Waals surface area (Å²) in [5.41, 5.74) is 1.19. The lowest BCUT2D eigenvalue weighted by atomic mass is 10.1. The zero-order chi connectivity index (χ0) is 14.1. The molecule has 108 valence electrons. The predicted octanol–water partition coefficient (Wildman–Crippen LogP) is 4.44. The van der Waals surface area contributed by atoms with Crippen molar-refractivity contribution in [1.82, 2.24) is 5.32 Å². The Bertz CT molecular complexity index is 339. The third kappa shape index (κ3) is 6.42. The fraction of sp³-hybridized carbons (Fsp3) is 0.625. The maximum Gasteiger partial charge on any atom is 0.0949 e. The van der Waals surface area contributed by atoms with E-state index in [0.29, 0.717) is 5.92 Å². The van der Waals surface area contributed by atoms with Crippen LogP contribution in [0.25, 0.3) is 0 Å². The Kier molecular flexibility index (Phi) is 8.11. The van der Waals surface area contributed by atoms with E-state index in [1.807, 2.05) is 12.1 Å². The van der Waals surface area contributed by atoms with Gasteiger partial charge in [0.25, 0.3) is 0 Å². The molecule has 2 unspecified atom stereocenters. The first-order valence-corrected chi connectivity index (χ1v) is 7.62. The SMILES string of the molecule is CCCC(C)COC(CNCC)c1ccc(Cl)cc1. The van der Waals surface area contributed by atoms with E-state index in [1.54, 1.807) is 0 Å². The van der Waals surface area contributed by atoms with Crippen LogP contribution in [0.1, 0.15) is 45.3 Å². The van der Waals surface area contributed by atoms with Crippen molar-refractivity contribution in [2.75, 3.05) is 19.7 Å². The van der Waals surface area contributed by atoms with Crippen molar-refractivity contribution >= 4 is 11.6 Å². The number of nitrogens with one attached hydrogen (secondary N) is 1. The molecule has 1 rings (SSSR count). The Balaban J connectivity index is 2.58. The molecule has 2 atom stereocenters. The fourth-order valence-corrected chi connectivity index (χ4v) is 2.21. The first kappa shape index (κ1) is 16.5. The maximum atomic E-state index is 6.08. The number of halogens is 1. The van der Waals surface area contributed by atoms with E-state index in [9.17, 15) is 0 Å². The highest BCUT2D eigenvalue weighted by Gasteiger charge is 2.13. The summed E-state index contributed by atoms with van der Waals surface area (Å²) in [6.07, 6.45) is 2.54. The molecule has 0 fully saturated rings. The molecule has 0 aromatic heterocycles. The summed E-state index contributed by atoms with van der Waals surface area (Å²) in [5, 5.41) is 4.13. The maximum absolute atomic E-state index is 6.08. The summed E-state index contributed by atoms with van der Waals surface area (Å²) in [6, 6.07) is 7.95. The second kappa shape index (κ2) is 9.35. The van der Waals surface area contributed by atoms with Crippen molar-refractivity contribution < 1.29 is 4.74 Å². The third-order valence-corrected chi connectivity index (χ3v) is 3.44. The lowest BCUT2D eigenvalue weighted by Gasteiger charge is -2.21. The quantitative estimate of drug-likeness (QED) is 0.723. The summed E-state index contributed by atoms with van der Waals surface area (Å²) in [6.45, 7) is 9.18. The highest BCUT2D eigenvalue weighted by atomic mass is 35.5. The van der Waals surface area contributed by atoms with Crippen LogP contribution in [0, 0.1) is 5.92 Å². The average Bonchev–Trinajstić information content (AvgIpc) is 2.40. The second-order valence-corrected chi connectivity index (χ2v) is 5.51. The molecule has 0 amide bonds. The van der Waals surface area contributed by atoms with Gasteiger partial charge in [0.15, 0.2) is 0 Å². The zero-order valence-corrected chi connectivity index (χ0v) is 13.0. The Labute approximate surface area is 122 Å². The number of benzene rings is 1. The molecule has 0 radical (unpaired) electrons. The van der Waals surface area contributed by atoms with Crippen LogP contribution in [-0.4, -0.2) is 19.7 Å². The standard InChI is InChI=1S/C16H26ClNO/c1-4-6-13(3)12-19-16(11-18-5-2)14-7-9-15(17)10-8-14/h7-10,13,16,18H,4-6,11-12H2,1-3H3. The largest absolute Gasteiger partial charge is 0.372 e. The molecule has 1 aromatic rings. The summed E-state index contributed by atoms with van der Waals surface area (Å²) in [5.74, 6) is 0.612. The number of ether oxygens (including phenoxy) is 1. The summed E-state index contributed by atoms with van der Waals surface area (Å²) in [4.78, 5) is 0. The fourth-order valence-electron chi connectivity index (χ4n) is 2.08. The minimum atomic E-state index is 0.108. The predicted molar refractivity (Wildman–Crippen MR) is 82.8 cm³/mol. The van der Waals surface area contributed by atoms with E-state index in [-0.39, 0.29) is 6.10 Å². The Morgan fingerprint density at radius 3 is 2.47 bits per heavy atom. The Morgan fingerprint density at radius 2 is 1.89 bits per heavy atom. The monoisotopic (exact) mass is 283 g/mol. The van der Waals surface area contributed by atoms with Crippen molar-refractivity contribution in [2.24, 2.45) is 5.92 Å². The van der Waals surface area contributed by atoms with Crippen molar-refractivity contribution in [1.29, 1.82) is 0 Å². The molecule has 3 heteroatoms. The average molecular weight is 284 g/mol. The molecule has 0 heterocycles. The molecular weight excluding hydrogens is 258 g/mol. The van der Waals surface area contributed by atoms with Crippen molar-refractivity contribution in [3.05, 3.63) is 34.9 Å². The lowest BCUT2D eigenvalue weighted by Crippen LogP contribution is -2.24. The van der Waals surface area contributed by atoms with Gasteiger partial charge in [-0.2, -0.15) is 0 Å². The number of rotatable bonds is 9. The van der Waals surface area contributed by atoms with Crippen LogP contribution in [0.3, 0.4) is 0 Å². The van der Waals surface area contributed by atoms with E-state index >= 15 is 0 Å². The molecule has 0 saturated carbocycles. The smallest absolute Gasteiger partial charge is 0.0949 e. The first-order chi connectivity index (χ1) is 9.17. The highest BCUT2D eigenvalue weighted by Crippen LogP contribution is 2.21. The van der Waals surface area contributed by atoms with Crippen LogP contribution in [0.4, 0.5) is 0 Å². The van der Waals surface area contributed by atoms with Crippen LogP contribution < -0.4 is 5.32 Å². The van der Waals surface area contributed by atoms with E-state index in [4.69, 9.17) is 16.3 Å². The molecule has 2 nitrogen and oxygen atoms in total. The van der Waals surface area contributed by atoms with E-state index in [0.717, 1.165) is 24.7 Å². The second-order valence-electron chi connectivity index (χ2n) is 5.08. The minimum absolute atomic E-state index is 0.108. The highest BCUT2D eigenvalue weighted by molar-refractivity contribution is 6.30. The molecule has 0 bridgehead atoms. The molecule has 0 spiro atoms. The van der Waals surface area contributed by atoms with Gasteiger partial charge in [0.1, 0.15) is 0 Å². The molecule has 1 aromatic carbocycles. The minimum Gasteiger partial charge on any atom is -0.372 e. The van der Waals surface area contributed by atoms with Gasteiger partial charge in [-0.25, -0.2) is 0 Å². The Hall–Kier alpha value is -0.570. The van der Waals surface area contributed by atoms with Gasteiger partial charge in [0.05, 0.1) is 12.7 Å². The van der Waals surface area contributed by atoms with Crippen LogP contribution in [0.5, 0.6) is 0 Å². The van der Waals surface area contributed by atoms with Gasteiger partial charge in [-0.15, -0.1) is 0 Å². The van der Waals surface area contributed by atoms with Gasteiger partial charge in [0, 0.05) is 11.6 Å². The molecule has 19 heavy (non-hydrogen) atoms. The van der Waals surface area contributed by atoms with E-state index in [2.05, 4.69) is 38.2 Å². The number of hydrogen-bond acceptors (Lipinski definition) is 2. The molecule has 1 N–H and O–H groups in total. The summed E-state index contributed by atoms with van der Waals surface area (Å²) in [7, 11) is 0. The van der Waals surface area contributed by atoms with Crippen molar-refractivity contribution in [3.8, 4) is 0 Å².